The third-order valence-corrected chi connectivity index (χ3v) is 2.25. The lowest BCUT2D eigenvalue weighted by atomic mass is 10.3. The number of carbonyl (C=O) groups is 1. The lowest BCUT2D eigenvalue weighted by Crippen LogP contribution is -2.20. The molecule has 0 saturated heterocycles. The first-order chi connectivity index (χ1) is 8.38. The van der Waals surface area contributed by atoms with Crippen LogP contribution in [0.3, 0.4) is 0 Å². The van der Waals surface area contributed by atoms with Gasteiger partial charge in [0.1, 0.15) is 4.48 Å². The fourth-order valence-corrected chi connectivity index (χ4v) is 1.19. The second-order valence-corrected chi connectivity index (χ2v) is 4.05. The Morgan fingerprint density at radius 1 is 1.33 bits per heavy atom. The Morgan fingerprint density at radius 3 is 2.50 bits per heavy atom. The van der Waals surface area contributed by atoms with E-state index in [2.05, 4.69) is 26.0 Å². The highest BCUT2D eigenvalue weighted by molar-refractivity contribution is 9.12. The van der Waals surface area contributed by atoms with Crippen LogP contribution in [0.25, 0.3) is 0 Å². The zero-order valence-corrected chi connectivity index (χ0v) is 10.6. The summed E-state index contributed by atoms with van der Waals surface area (Å²) in [7, 11) is 0. The van der Waals surface area contributed by atoms with Gasteiger partial charge in [-0.15, -0.1) is 0 Å². The molecule has 0 aromatic heterocycles. The first-order valence-corrected chi connectivity index (χ1v) is 5.59. The van der Waals surface area contributed by atoms with E-state index < -0.39 is 18.8 Å². The van der Waals surface area contributed by atoms with E-state index in [4.69, 9.17) is 0 Å². The Morgan fingerprint density at radius 2 is 1.94 bits per heavy atom. The first-order valence-electron chi connectivity index (χ1n) is 4.79. The van der Waals surface area contributed by atoms with Crippen LogP contribution in [0.2, 0.25) is 0 Å². The van der Waals surface area contributed by atoms with Crippen molar-refractivity contribution in [1.29, 1.82) is 0 Å². The summed E-state index contributed by atoms with van der Waals surface area (Å²) in [6.07, 6.45) is -3.32. The number of para-hydroxylation sites is 1. The van der Waals surface area contributed by atoms with Gasteiger partial charge in [0.05, 0.1) is 0 Å². The predicted octanol–water partition coefficient (Wildman–Crippen LogP) is 3.44. The number of hydrogen-bond acceptors (Lipinski definition) is 3. The zero-order valence-electron chi connectivity index (χ0n) is 9.00. The molecule has 18 heavy (non-hydrogen) atoms. The number of ether oxygens (including phenoxy) is 1. The molecule has 0 amide bonds. The largest absolute Gasteiger partial charge is 0.452 e. The summed E-state index contributed by atoms with van der Waals surface area (Å²) >= 11 is 2.83. The highest BCUT2D eigenvalue weighted by Gasteiger charge is 2.29. The molecule has 0 aliphatic heterocycles. The predicted molar refractivity (Wildman–Crippen MR) is 64.1 cm³/mol. The Labute approximate surface area is 110 Å². The molecule has 1 aromatic rings. The molecule has 0 aliphatic rings. The van der Waals surface area contributed by atoms with Crippen LogP contribution in [-0.2, 0) is 9.53 Å². The summed E-state index contributed by atoms with van der Waals surface area (Å²) in [5, 5.41) is 2.73. The van der Waals surface area contributed by atoms with Gasteiger partial charge in [0.25, 0.3) is 0 Å². The highest BCUT2D eigenvalue weighted by Crippen LogP contribution is 2.17. The van der Waals surface area contributed by atoms with E-state index in [1.807, 2.05) is 6.07 Å². The average Bonchev–Trinajstić information content (AvgIpc) is 2.33. The van der Waals surface area contributed by atoms with Crippen molar-refractivity contribution < 1.29 is 22.7 Å². The molecule has 0 aliphatic carbocycles. The summed E-state index contributed by atoms with van der Waals surface area (Å²) in [5.74, 6) is -1.09. The Kier molecular flexibility index (Phi) is 5.21. The van der Waals surface area contributed by atoms with Gasteiger partial charge in [-0.2, -0.15) is 13.2 Å². The lowest BCUT2D eigenvalue weighted by Gasteiger charge is -2.07. The van der Waals surface area contributed by atoms with Crippen molar-refractivity contribution in [3.8, 4) is 0 Å². The number of nitrogens with one attached hydrogen (secondary N) is 1. The Balaban J connectivity index is 2.48. The van der Waals surface area contributed by atoms with E-state index in [0.29, 0.717) is 5.69 Å². The molecule has 0 heterocycles. The molecular formula is C11H9BrF3NO2. The molecule has 0 saturated carbocycles. The minimum atomic E-state index is -4.53. The van der Waals surface area contributed by atoms with Gasteiger partial charge in [0.15, 0.2) is 6.61 Å². The minimum Gasteiger partial charge on any atom is -0.452 e. The van der Waals surface area contributed by atoms with Crippen molar-refractivity contribution >= 4 is 27.6 Å². The standard InChI is InChI=1S/C11H9BrF3NO2/c12-9(10(17)18-7-11(13,14)15)6-16-8-4-2-1-3-5-8/h1-6,16H,7H2/b9-6+. The molecule has 0 bridgehead atoms. The maximum Gasteiger partial charge on any atom is 0.422 e. The van der Waals surface area contributed by atoms with Gasteiger partial charge in [-0.25, -0.2) is 4.79 Å². The number of carbonyl (C=O) groups excluding carboxylic acids is 1. The summed E-state index contributed by atoms with van der Waals surface area (Å²) in [4.78, 5) is 11.1. The van der Waals surface area contributed by atoms with Gasteiger partial charge >= 0.3 is 12.1 Å². The van der Waals surface area contributed by atoms with E-state index in [-0.39, 0.29) is 4.48 Å². The SMILES string of the molecule is O=C(OCC(F)(F)F)/C(Br)=C\Nc1ccccc1. The Hall–Kier alpha value is -1.50. The van der Waals surface area contributed by atoms with Crippen LogP contribution in [0.5, 0.6) is 0 Å². The number of esters is 1. The van der Waals surface area contributed by atoms with E-state index in [0.717, 1.165) is 0 Å². The van der Waals surface area contributed by atoms with Crippen molar-refractivity contribution in [3.05, 3.63) is 41.0 Å². The van der Waals surface area contributed by atoms with Crippen molar-refractivity contribution in [3.63, 3.8) is 0 Å². The summed E-state index contributed by atoms with van der Waals surface area (Å²) in [6.45, 7) is -1.61. The molecule has 0 unspecified atom stereocenters. The van der Waals surface area contributed by atoms with Crippen LogP contribution >= 0.6 is 15.9 Å². The normalized spacial score (nSPS) is 12.1. The van der Waals surface area contributed by atoms with E-state index in [1.54, 1.807) is 24.3 Å². The fourth-order valence-electron chi connectivity index (χ4n) is 0.956. The van der Waals surface area contributed by atoms with E-state index >= 15 is 0 Å². The van der Waals surface area contributed by atoms with Crippen LogP contribution in [0.15, 0.2) is 41.0 Å². The molecule has 0 spiro atoms. The van der Waals surface area contributed by atoms with Crippen LogP contribution in [0, 0.1) is 0 Å². The molecule has 1 aromatic carbocycles. The molecule has 0 fully saturated rings. The molecule has 0 radical (unpaired) electrons. The maximum atomic E-state index is 11.8. The summed E-state index contributed by atoms with van der Waals surface area (Å²) in [5.41, 5.74) is 0.693. The zero-order chi connectivity index (χ0) is 13.6. The van der Waals surface area contributed by atoms with Gasteiger partial charge in [-0.3, -0.25) is 0 Å². The molecule has 3 nitrogen and oxygen atoms in total. The number of alkyl halides is 3. The van der Waals surface area contributed by atoms with Gasteiger partial charge in [-0.05, 0) is 28.1 Å². The van der Waals surface area contributed by atoms with Gasteiger partial charge in [0, 0.05) is 11.9 Å². The number of halogens is 4. The monoisotopic (exact) mass is 323 g/mol. The number of anilines is 1. The second-order valence-electron chi connectivity index (χ2n) is 3.19. The van der Waals surface area contributed by atoms with E-state index in [1.165, 1.54) is 6.20 Å². The molecule has 1 rings (SSSR count). The average molecular weight is 324 g/mol. The first kappa shape index (κ1) is 14.6. The number of hydrogen-bond donors (Lipinski definition) is 1. The van der Waals surface area contributed by atoms with Crippen LogP contribution in [0.4, 0.5) is 18.9 Å². The third kappa shape index (κ3) is 5.72. The van der Waals surface area contributed by atoms with Crippen molar-refractivity contribution in [2.75, 3.05) is 11.9 Å². The second kappa shape index (κ2) is 6.44. The fraction of sp³-hybridized carbons (Fsp3) is 0.182. The third-order valence-electron chi connectivity index (χ3n) is 1.70. The Bertz CT molecular complexity index is 432. The van der Waals surface area contributed by atoms with E-state index in [9.17, 15) is 18.0 Å². The van der Waals surface area contributed by atoms with Crippen LogP contribution in [-0.4, -0.2) is 18.8 Å². The molecule has 7 heteroatoms. The quantitative estimate of drug-likeness (QED) is 0.681. The summed E-state index contributed by atoms with van der Waals surface area (Å²) in [6, 6.07) is 8.81. The van der Waals surface area contributed by atoms with Crippen molar-refractivity contribution in [2.24, 2.45) is 0 Å². The molecule has 98 valence electrons. The van der Waals surface area contributed by atoms with Gasteiger partial charge < -0.3 is 10.1 Å². The van der Waals surface area contributed by atoms with Gasteiger partial charge in [-0.1, -0.05) is 18.2 Å². The maximum absolute atomic E-state index is 11.8. The number of benzene rings is 1. The van der Waals surface area contributed by atoms with Gasteiger partial charge in [0.2, 0.25) is 0 Å². The molecule has 0 atom stereocenters. The van der Waals surface area contributed by atoms with Crippen molar-refractivity contribution in [1.82, 2.24) is 0 Å². The smallest absolute Gasteiger partial charge is 0.422 e. The van der Waals surface area contributed by atoms with Crippen molar-refractivity contribution in [2.45, 2.75) is 6.18 Å². The topological polar surface area (TPSA) is 38.3 Å². The minimum absolute atomic E-state index is 0.129. The molecular weight excluding hydrogens is 315 g/mol. The highest BCUT2D eigenvalue weighted by atomic mass is 79.9. The lowest BCUT2D eigenvalue weighted by molar-refractivity contribution is -0.182. The van der Waals surface area contributed by atoms with Crippen LogP contribution in [0.1, 0.15) is 0 Å². The van der Waals surface area contributed by atoms with Crippen LogP contribution < -0.4 is 5.32 Å². The molecule has 1 N–H and O–H groups in total. The summed E-state index contributed by atoms with van der Waals surface area (Å²) < 4.78 is 39.3. The number of rotatable bonds is 4.